The second kappa shape index (κ2) is 16.1. The third-order valence-corrected chi connectivity index (χ3v) is 6.65. The van der Waals surface area contributed by atoms with Gasteiger partial charge in [0.1, 0.15) is 29.6 Å². The second-order valence-electron chi connectivity index (χ2n) is 9.32. The predicted molar refractivity (Wildman–Crippen MR) is 152 cm³/mol. The van der Waals surface area contributed by atoms with Crippen LogP contribution in [0.25, 0.3) is 0 Å². The third kappa shape index (κ3) is 11.4. The number of phenols is 2. The van der Waals surface area contributed by atoms with Crippen molar-refractivity contribution in [3.05, 3.63) is 59.7 Å². The summed E-state index contributed by atoms with van der Waals surface area (Å²) in [6.07, 6.45) is 1.29. The van der Waals surface area contributed by atoms with Gasteiger partial charge in [-0.3, -0.25) is 19.2 Å². The van der Waals surface area contributed by atoms with Crippen LogP contribution in [0, 0.1) is 0 Å². The maximum absolute atomic E-state index is 13.4. The Morgan fingerprint density at radius 3 is 1.71 bits per heavy atom. The van der Waals surface area contributed by atoms with Crippen LogP contribution >= 0.6 is 11.8 Å². The van der Waals surface area contributed by atoms with Crippen molar-refractivity contribution in [1.82, 2.24) is 16.0 Å². The second-order valence-corrected chi connectivity index (χ2v) is 10.3. The zero-order valence-electron chi connectivity index (χ0n) is 22.4. The van der Waals surface area contributed by atoms with Crippen molar-refractivity contribution in [3.8, 4) is 11.5 Å². The molecule has 0 saturated heterocycles. The number of nitrogens with one attached hydrogen (secondary N) is 3. The molecule has 4 atom stereocenters. The van der Waals surface area contributed by atoms with Crippen molar-refractivity contribution in [2.24, 2.45) is 11.5 Å². The SMILES string of the molecule is CSCCC(NC(=O)C(CC(N)=O)NC(=O)C(Cc1ccc(O)cc1)NC(=O)C(N)Cc1ccc(O)cc1)C(=O)O. The van der Waals surface area contributed by atoms with Crippen LogP contribution in [0.1, 0.15) is 24.0 Å². The van der Waals surface area contributed by atoms with Crippen LogP contribution in [0.15, 0.2) is 48.5 Å². The van der Waals surface area contributed by atoms with Gasteiger partial charge in [-0.25, -0.2) is 4.79 Å². The molecule has 0 radical (unpaired) electrons. The molecule has 0 fully saturated rings. The van der Waals surface area contributed by atoms with Crippen LogP contribution in [-0.2, 0) is 36.8 Å². The number of benzene rings is 2. The summed E-state index contributed by atoms with van der Waals surface area (Å²) in [5.41, 5.74) is 12.6. The number of carbonyl (C=O) groups excluding carboxylic acids is 4. The molecule has 222 valence electrons. The first-order chi connectivity index (χ1) is 19.4. The van der Waals surface area contributed by atoms with E-state index in [1.165, 1.54) is 48.2 Å². The molecule has 0 aromatic heterocycles. The lowest BCUT2D eigenvalue weighted by atomic mass is 10.0. The van der Waals surface area contributed by atoms with Gasteiger partial charge in [0, 0.05) is 6.42 Å². The number of aliphatic carboxylic acids is 1. The van der Waals surface area contributed by atoms with Crippen molar-refractivity contribution < 1.29 is 39.3 Å². The number of phenolic OH excluding ortho intramolecular Hbond substituents is 2. The summed E-state index contributed by atoms with van der Waals surface area (Å²) >= 11 is 1.38. The van der Waals surface area contributed by atoms with Crippen LogP contribution in [0.4, 0.5) is 0 Å². The summed E-state index contributed by atoms with van der Waals surface area (Å²) in [6.45, 7) is 0. The van der Waals surface area contributed by atoms with E-state index in [1.807, 2.05) is 0 Å². The minimum Gasteiger partial charge on any atom is -0.508 e. The molecule has 4 unspecified atom stereocenters. The van der Waals surface area contributed by atoms with E-state index in [2.05, 4.69) is 16.0 Å². The van der Waals surface area contributed by atoms with Gasteiger partial charge in [0.25, 0.3) is 0 Å². The molecule has 2 aromatic carbocycles. The van der Waals surface area contributed by atoms with Gasteiger partial charge in [0.05, 0.1) is 12.5 Å². The topological polar surface area (TPSA) is 234 Å². The number of thioether (sulfide) groups is 1. The molecule has 0 saturated carbocycles. The fourth-order valence-corrected chi connectivity index (χ4v) is 4.25. The first kappa shape index (κ1) is 32.9. The Kier molecular flexibility index (Phi) is 12.9. The molecular weight excluding hydrogens is 554 g/mol. The number of carboxylic acids is 1. The number of primary amides is 1. The third-order valence-electron chi connectivity index (χ3n) is 6.00. The Balaban J connectivity index is 2.23. The summed E-state index contributed by atoms with van der Waals surface area (Å²) in [7, 11) is 0. The molecule has 41 heavy (non-hydrogen) atoms. The lowest BCUT2D eigenvalue weighted by Crippen LogP contribution is -2.58. The van der Waals surface area contributed by atoms with E-state index in [0.29, 0.717) is 16.9 Å². The lowest BCUT2D eigenvalue weighted by Gasteiger charge is -2.25. The molecule has 10 N–H and O–H groups in total. The van der Waals surface area contributed by atoms with Crippen molar-refractivity contribution in [1.29, 1.82) is 0 Å². The smallest absolute Gasteiger partial charge is 0.326 e. The average Bonchev–Trinajstić information content (AvgIpc) is 2.92. The van der Waals surface area contributed by atoms with E-state index in [9.17, 15) is 39.3 Å². The van der Waals surface area contributed by atoms with Gasteiger partial charge in [-0.15, -0.1) is 0 Å². The number of nitrogens with two attached hydrogens (primary N) is 2. The number of carbonyl (C=O) groups is 5. The van der Waals surface area contributed by atoms with Gasteiger partial charge in [-0.2, -0.15) is 11.8 Å². The molecule has 0 aliphatic heterocycles. The van der Waals surface area contributed by atoms with Gasteiger partial charge in [0.2, 0.25) is 23.6 Å². The van der Waals surface area contributed by atoms with Gasteiger partial charge >= 0.3 is 5.97 Å². The van der Waals surface area contributed by atoms with Gasteiger partial charge in [0.15, 0.2) is 0 Å². The highest BCUT2D eigenvalue weighted by Gasteiger charge is 2.31. The maximum Gasteiger partial charge on any atom is 0.326 e. The number of carboxylic acid groups (broad SMARTS) is 1. The molecule has 0 heterocycles. The Bertz CT molecular complexity index is 1210. The largest absolute Gasteiger partial charge is 0.508 e. The monoisotopic (exact) mass is 589 g/mol. The Hall–Kier alpha value is -4.30. The summed E-state index contributed by atoms with van der Waals surface area (Å²) in [6, 6.07) is 6.83. The first-order valence-corrected chi connectivity index (χ1v) is 14.0. The summed E-state index contributed by atoms with van der Waals surface area (Å²) in [5, 5.41) is 35.8. The van der Waals surface area contributed by atoms with Gasteiger partial charge < -0.3 is 42.7 Å². The first-order valence-electron chi connectivity index (χ1n) is 12.6. The minimum absolute atomic E-state index is 0.0117. The van der Waals surface area contributed by atoms with E-state index in [4.69, 9.17) is 11.5 Å². The van der Waals surface area contributed by atoms with Crippen LogP contribution in [0.3, 0.4) is 0 Å². The number of hydrogen-bond acceptors (Lipinski definition) is 9. The van der Waals surface area contributed by atoms with E-state index in [0.717, 1.165) is 0 Å². The Morgan fingerprint density at radius 1 is 0.756 bits per heavy atom. The van der Waals surface area contributed by atoms with Crippen molar-refractivity contribution in [3.63, 3.8) is 0 Å². The van der Waals surface area contributed by atoms with E-state index < -0.39 is 60.2 Å². The molecule has 0 bridgehead atoms. The zero-order chi connectivity index (χ0) is 30.5. The molecule has 2 aromatic rings. The zero-order valence-corrected chi connectivity index (χ0v) is 23.2. The molecule has 14 heteroatoms. The molecule has 4 amide bonds. The number of aromatic hydroxyl groups is 2. The summed E-state index contributed by atoms with van der Waals surface area (Å²) in [4.78, 5) is 62.5. The van der Waals surface area contributed by atoms with Crippen molar-refractivity contribution in [2.75, 3.05) is 12.0 Å². The molecule has 2 rings (SSSR count). The van der Waals surface area contributed by atoms with Gasteiger partial charge in [-0.1, -0.05) is 24.3 Å². The summed E-state index contributed by atoms with van der Waals surface area (Å²) < 4.78 is 0. The average molecular weight is 590 g/mol. The Morgan fingerprint density at radius 2 is 1.22 bits per heavy atom. The standard InChI is InChI=1S/C27H35N5O8S/c1-41-11-10-20(27(39)40)30-26(38)22(14-23(29)35)32-25(37)21(13-16-4-8-18(34)9-5-16)31-24(36)19(28)12-15-2-6-17(33)7-3-15/h2-9,19-22,33-34H,10-14,28H2,1H3,(H2,29,35)(H,30,38)(H,31,36)(H,32,37)(H,39,40). The molecular formula is C27H35N5O8S. The van der Waals surface area contributed by atoms with Crippen LogP contribution < -0.4 is 27.4 Å². The molecule has 0 aliphatic carbocycles. The molecule has 0 spiro atoms. The fraction of sp³-hybridized carbons (Fsp3) is 0.370. The van der Waals surface area contributed by atoms with Crippen LogP contribution in [0.2, 0.25) is 0 Å². The van der Waals surface area contributed by atoms with Gasteiger partial charge in [-0.05, 0) is 60.2 Å². The van der Waals surface area contributed by atoms with Crippen LogP contribution in [-0.4, -0.2) is 81.1 Å². The maximum atomic E-state index is 13.4. The van der Waals surface area contributed by atoms with E-state index in [-0.39, 0.29) is 30.8 Å². The highest BCUT2D eigenvalue weighted by molar-refractivity contribution is 7.98. The quantitative estimate of drug-likeness (QED) is 0.123. The fourth-order valence-electron chi connectivity index (χ4n) is 3.78. The number of rotatable bonds is 16. The molecule has 13 nitrogen and oxygen atoms in total. The Labute approximate surface area is 241 Å². The molecule has 0 aliphatic rings. The highest BCUT2D eigenvalue weighted by Crippen LogP contribution is 2.13. The van der Waals surface area contributed by atoms with E-state index >= 15 is 0 Å². The predicted octanol–water partition coefficient (Wildman–Crippen LogP) is -0.622. The number of hydrogen-bond donors (Lipinski definition) is 8. The van der Waals surface area contributed by atoms with Crippen molar-refractivity contribution >= 4 is 41.4 Å². The minimum atomic E-state index is -1.51. The van der Waals surface area contributed by atoms with Crippen molar-refractivity contribution in [2.45, 2.75) is 49.9 Å². The van der Waals surface area contributed by atoms with E-state index in [1.54, 1.807) is 18.4 Å². The lowest BCUT2D eigenvalue weighted by molar-refractivity contribution is -0.142. The van der Waals surface area contributed by atoms with Crippen LogP contribution in [0.5, 0.6) is 11.5 Å². The number of amides is 4. The normalized spacial score (nSPS) is 13.7. The highest BCUT2D eigenvalue weighted by atomic mass is 32.2. The summed E-state index contributed by atoms with van der Waals surface area (Å²) in [5.74, 6) is -4.18.